The van der Waals surface area contributed by atoms with Gasteiger partial charge in [0.2, 0.25) is 0 Å². The van der Waals surface area contributed by atoms with E-state index in [1.807, 2.05) is 13.8 Å². The van der Waals surface area contributed by atoms with Crippen molar-refractivity contribution in [1.29, 1.82) is 0 Å². The smallest absolute Gasteiger partial charge is 0.315 e. The van der Waals surface area contributed by atoms with Crippen LogP contribution in [0.2, 0.25) is 0 Å². The molecular formula is C14H26N4OS. The molecule has 0 aliphatic rings. The highest BCUT2D eigenvalue weighted by atomic mass is 32.1. The molecule has 5 nitrogen and oxygen atoms in total. The SMILES string of the molecule is CCC(C)NC(=O)NCc1nc(CN(CC)CC)cs1. The lowest BCUT2D eigenvalue weighted by molar-refractivity contribution is 0.237. The first kappa shape index (κ1) is 16.9. The van der Waals surface area contributed by atoms with Crippen LogP contribution in [0.4, 0.5) is 4.79 Å². The van der Waals surface area contributed by atoms with Gasteiger partial charge in [-0.15, -0.1) is 11.3 Å². The zero-order chi connectivity index (χ0) is 15.0. The van der Waals surface area contributed by atoms with E-state index in [-0.39, 0.29) is 12.1 Å². The number of hydrogen-bond acceptors (Lipinski definition) is 4. The molecule has 1 unspecified atom stereocenters. The molecule has 0 aliphatic carbocycles. The zero-order valence-corrected chi connectivity index (χ0v) is 13.7. The van der Waals surface area contributed by atoms with Crippen LogP contribution in [0, 0.1) is 0 Å². The molecule has 1 aromatic heterocycles. The minimum atomic E-state index is -0.125. The summed E-state index contributed by atoms with van der Waals surface area (Å²) in [5.74, 6) is 0. The van der Waals surface area contributed by atoms with Crippen molar-refractivity contribution in [2.75, 3.05) is 13.1 Å². The Kier molecular flexibility index (Phi) is 7.54. The summed E-state index contributed by atoms with van der Waals surface area (Å²) in [6.07, 6.45) is 0.929. The Morgan fingerprint density at radius 2 is 2.10 bits per heavy atom. The lowest BCUT2D eigenvalue weighted by Gasteiger charge is -2.15. The maximum atomic E-state index is 11.6. The van der Waals surface area contributed by atoms with Gasteiger partial charge in [-0.2, -0.15) is 0 Å². The molecule has 0 radical (unpaired) electrons. The molecule has 1 aromatic rings. The highest BCUT2D eigenvalue weighted by Crippen LogP contribution is 2.11. The summed E-state index contributed by atoms with van der Waals surface area (Å²) < 4.78 is 0. The van der Waals surface area contributed by atoms with Crippen molar-refractivity contribution in [1.82, 2.24) is 20.5 Å². The normalized spacial score (nSPS) is 12.4. The van der Waals surface area contributed by atoms with Gasteiger partial charge in [-0.05, 0) is 26.4 Å². The Balaban J connectivity index is 2.38. The molecule has 1 rings (SSSR count). The minimum absolute atomic E-state index is 0.125. The lowest BCUT2D eigenvalue weighted by atomic mass is 10.3. The van der Waals surface area contributed by atoms with Crippen LogP contribution in [-0.4, -0.2) is 35.0 Å². The first-order valence-corrected chi connectivity index (χ1v) is 8.16. The van der Waals surface area contributed by atoms with Crippen LogP contribution >= 0.6 is 11.3 Å². The van der Waals surface area contributed by atoms with E-state index in [1.54, 1.807) is 11.3 Å². The monoisotopic (exact) mass is 298 g/mol. The van der Waals surface area contributed by atoms with E-state index < -0.39 is 0 Å². The quantitative estimate of drug-likeness (QED) is 0.775. The Morgan fingerprint density at radius 3 is 2.70 bits per heavy atom. The van der Waals surface area contributed by atoms with Gasteiger partial charge in [0.05, 0.1) is 12.2 Å². The number of carbonyl (C=O) groups is 1. The van der Waals surface area contributed by atoms with Gasteiger partial charge in [0, 0.05) is 18.0 Å². The van der Waals surface area contributed by atoms with Gasteiger partial charge in [-0.3, -0.25) is 4.90 Å². The molecule has 114 valence electrons. The molecule has 1 atom stereocenters. The fourth-order valence-corrected chi connectivity index (χ4v) is 2.44. The standard InChI is InChI=1S/C14H26N4OS/c1-5-11(4)16-14(19)15-8-13-17-12(10-20-13)9-18(6-2)7-3/h10-11H,5-9H2,1-4H3,(H2,15,16,19). The van der Waals surface area contributed by atoms with Crippen LogP contribution < -0.4 is 10.6 Å². The molecular weight excluding hydrogens is 272 g/mol. The van der Waals surface area contributed by atoms with E-state index in [4.69, 9.17) is 0 Å². The molecule has 2 N–H and O–H groups in total. The average Bonchev–Trinajstić information content (AvgIpc) is 2.90. The van der Waals surface area contributed by atoms with Crippen LogP contribution in [0.3, 0.4) is 0 Å². The molecule has 0 saturated heterocycles. The van der Waals surface area contributed by atoms with E-state index in [0.717, 1.165) is 36.8 Å². The van der Waals surface area contributed by atoms with Crippen molar-refractivity contribution in [3.63, 3.8) is 0 Å². The third kappa shape index (κ3) is 5.88. The number of rotatable bonds is 8. The predicted molar refractivity (Wildman–Crippen MR) is 83.9 cm³/mol. The van der Waals surface area contributed by atoms with Crippen LogP contribution in [0.5, 0.6) is 0 Å². The van der Waals surface area contributed by atoms with Gasteiger partial charge in [-0.25, -0.2) is 9.78 Å². The number of carbonyl (C=O) groups excluding carboxylic acids is 1. The molecule has 0 spiro atoms. The summed E-state index contributed by atoms with van der Waals surface area (Å²) in [4.78, 5) is 18.5. The molecule has 6 heteroatoms. The molecule has 0 aliphatic heterocycles. The third-order valence-electron chi connectivity index (χ3n) is 3.27. The van der Waals surface area contributed by atoms with Crippen molar-refractivity contribution in [2.24, 2.45) is 0 Å². The van der Waals surface area contributed by atoms with Gasteiger partial charge < -0.3 is 10.6 Å². The van der Waals surface area contributed by atoms with Gasteiger partial charge in [0.1, 0.15) is 5.01 Å². The minimum Gasteiger partial charge on any atom is -0.336 e. The van der Waals surface area contributed by atoms with E-state index >= 15 is 0 Å². The fourth-order valence-electron chi connectivity index (χ4n) is 1.71. The first-order chi connectivity index (χ1) is 9.58. The second-order valence-electron chi connectivity index (χ2n) is 4.83. The summed E-state index contributed by atoms with van der Waals surface area (Å²) in [5.41, 5.74) is 1.08. The highest BCUT2D eigenvalue weighted by molar-refractivity contribution is 7.09. The number of amides is 2. The molecule has 0 bridgehead atoms. The predicted octanol–water partition coefficient (Wildman–Crippen LogP) is 2.58. The van der Waals surface area contributed by atoms with Crippen molar-refractivity contribution in [3.05, 3.63) is 16.1 Å². The summed E-state index contributed by atoms with van der Waals surface area (Å²) >= 11 is 1.60. The Morgan fingerprint density at radius 1 is 1.40 bits per heavy atom. The second kappa shape index (κ2) is 8.92. The topological polar surface area (TPSA) is 57.3 Å². The summed E-state index contributed by atoms with van der Waals surface area (Å²) in [5, 5.41) is 8.74. The van der Waals surface area contributed by atoms with Crippen LogP contribution in [0.15, 0.2) is 5.38 Å². The van der Waals surface area contributed by atoms with Crippen molar-refractivity contribution in [3.8, 4) is 0 Å². The maximum Gasteiger partial charge on any atom is 0.315 e. The number of hydrogen-bond donors (Lipinski definition) is 2. The molecule has 20 heavy (non-hydrogen) atoms. The van der Waals surface area contributed by atoms with Crippen LogP contribution in [-0.2, 0) is 13.1 Å². The van der Waals surface area contributed by atoms with E-state index in [0.29, 0.717) is 6.54 Å². The third-order valence-corrected chi connectivity index (χ3v) is 4.17. The van der Waals surface area contributed by atoms with Gasteiger partial charge >= 0.3 is 6.03 Å². The van der Waals surface area contributed by atoms with E-state index in [9.17, 15) is 4.79 Å². The molecule has 0 aromatic carbocycles. The molecule has 1 heterocycles. The van der Waals surface area contributed by atoms with Gasteiger partial charge in [0.15, 0.2) is 0 Å². The van der Waals surface area contributed by atoms with Crippen LogP contribution in [0.25, 0.3) is 0 Å². The van der Waals surface area contributed by atoms with Gasteiger partial charge in [0.25, 0.3) is 0 Å². The molecule has 0 fully saturated rings. The number of aromatic nitrogens is 1. The number of nitrogens with zero attached hydrogens (tertiary/aromatic N) is 2. The second-order valence-corrected chi connectivity index (χ2v) is 5.77. The Labute approximate surface area is 125 Å². The van der Waals surface area contributed by atoms with Crippen LogP contribution in [0.1, 0.15) is 44.8 Å². The van der Waals surface area contributed by atoms with Crippen molar-refractivity contribution < 1.29 is 4.79 Å². The largest absolute Gasteiger partial charge is 0.336 e. The molecule has 0 saturated carbocycles. The average molecular weight is 298 g/mol. The van der Waals surface area contributed by atoms with E-state index in [1.165, 1.54) is 0 Å². The lowest BCUT2D eigenvalue weighted by Crippen LogP contribution is -2.40. The Bertz CT molecular complexity index is 404. The fraction of sp³-hybridized carbons (Fsp3) is 0.714. The Hall–Kier alpha value is -1.14. The van der Waals surface area contributed by atoms with Crippen molar-refractivity contribution >= 4 is 17.4 Å². The number of thiazole rings is 1. The van der Waals surface area contributed by atoms with Gasteiger partial charge in [-0.1, -0.05) is 20.8 Å². The molecule has 2 amide bonds. The maximum absolute atomic E-state index is 11.6. The zero-order valence-electron chi connectivity index (χ0n) is 12.9. The summed E-state index contributed by atoms with van der Waals surface area (Å²) in [6, 6.07) is 0.0735. The number of nitrogens with one attached hydrogen (secondary N) is 2. The van der Waals surface area contributed by atoms with Crippen molar-refractivity contribution in [2.45, 2.75) is 53.2 Å². The summed E-state index contributed by atoms with van der Waals surface area (Å²) in [6.45, 7) is 11.8. The van der Waals surface area contributed by atoms with E-state index in [2.05, 4.69) is 39.7 Å². The highest BCUT2D eigenvalue weighted by Gasteiger charge is 2.08. The summed E-state index contributed by atoms with van der Waals surface area (Å²) in [7, 11) is 0. The number of urea groups is 1. The first-order valence-electron chi connectivity index (χ1n) is 7.28.